The molecule has 0 unspecified atom stereocenters. The molecule has 0 radical (unpaired) electrons. The maximum absolute atomic E-state index is 10.6. The van der Waals surface area contributed by atoms with Crippen LogP contribution in [0, 0.1) is 0 Å². The van der Waals surface area contributed by atoms with Crippen molar-refractivity contribution < 1.29 is 9.90 Å². The van der Waals surface area contributed by atoms with Crippen molar-refractivity contribution in [3.8, 4) is 0 Å². The van der Waals surface area contributed by atoms with Crippen LogP contribution in [0.1, 0.15) is 10.6 Å². The van der Waals surface area contributed by atoms with Gasteiger partial charge in [0.25, 0.3) is 0 Å². The lowest BCUT2D eigenvalue weighted by Gasteiger charge is -2.06. The maximum atomic E-state index is 10.6. The summed E-state index contributed by atoms with van der Waals surface area (Å²) in [5.74, 6) is -1.33. The topological polar surface area (TPSA) is 103 Å². The molecule has 7 nitrogen and oxygen atoms in total. The third-order valence-electron chi connectivity index (χ3n) is 1.94. The van der Waals surface area contributed by atoms with Gasteiger partial charge in [-0.05, 0) is 24.4 Å². The number of carbonyl (C=O) groups is 1. The number of hydrogen-bond donors (Lipinski definition) is 4. The van der Waals surface area contributed by atoms with E-state index in [0.717, 1.165) is 5.69 Å². The number of thiocarbonyl (C=S) groups is 1. The van der Waals surface area contributed by atoms with Gasteiger partial charge in [-0.25, -0.2) is 4.79 Å². The molecule has 92 valence electrons. The highest BCUT2D eigenvalue weighted by Crippen LogP contribution is 2.06. The van der Waals surface area contributed by atoms with Crippen molar-refractivity contribution in [2.45, 2.75) is 0 Å². The van der Waals surface area contributed by atoms with Gasteiger partial charge in [0.15, 0.2) is 5.11 Å². The Morgan fingerprint density at radius 2 is 2.00 bits per heavy atom. The summed E-state index contributed by atoms with van der Waals surface area (Å²) in [4.78, 5) is 14.3. The molecule has 0 aliphatic rings. The van der Waals surface area contributed by atoms with Crippen molar-refractivity contribution in [1.29, 1.82) is 0 Å². The van der Waals surface area contributed by atoms with Gasteiger partial charge in [-0.1, -0.05) is 18.2 Å². The fourth-order valence-corrected chi connectivity index (χ4v) is 1.41. The molecule has 0 spiro atoms. The van der Waals surface area contributed by atoms with Crippen molar-refractivity contribution in [1.82, 2.24) is 15.2 Å². The number of para-hydroxylation sites is 1. The predicted octanol–water partition coefficient (Wildman–Crippen LogP) is 1.31. The number of aromatic carboxylic acids is 1. The molecule has 2 rings (SSSR count). The minimum absolute atomic E-state index is 0.0980. The summed E-state index contributed by atoms with van der Waals surface area (Å²) < 4.78 is 0. The first-order valence-corrected chi connectivity index (χ1v) is 5.35. The van der Waals surface area contributed by atoms with Gasteiger partial charge in [-0.2, -0.15) is 4.98 Å². The summed E-state index contributed by atoms with van der Waals surface area (Å²) in [5.41, 5.74) is 0.809. The smallest absolute Gasteiger partial charge is 0.373 e. The number of H-pyrrole nitrogens is 1. The fraction of sp³-hybridized carbons (Fsp3) is 0. The van der Waals surface area contributed by atoms with E-state index in [0.29, 0.717) is 0 Å². The van der Waals surface area contributed by atoms with Gasteiger partial charge in [-0.3, -0.25) is 10.4 Å². The molecule has 0 saturated heterocycles. The van der Waals surface area contributed by atoms with E-state index in [1.54, 1.807) is 0 Å². The molecule has 0 saturated carbocycles. The van der Waals surface area contributed by atoms with Gasteiger partial charge < -0.3 is 10.4 Å². The number of anilines is 2. The predicted molar refractivity (Wildman–Crippen MR) is 69.6 cm³/mol. The number of nitrogens with zero attached hydrogens (tertiary/aromatic N) is 2. The number of carboxylic acid groups (broad SMARTS) is 1. The van der Waals surface area contributed by atoms with Crippen molar-refractivity contribution in [2.24, 2.45) is 0 Å². The van der Waals surface area contributed by atoms with Crippen molar-refractivity contribution >= 4 is 34.9 Å². The first-order valence-electron chi connectivity index (χ1n) is 4.94. The third-order valence-corrected chi connectivity index (χ3v) is 2.15. The van der Waals surface area contributed by atoms with E-state index < -0.39 is 5.97 Å². The summed E-state index contributed by atoms with van der Waals surface area (Å²) in [6, 6.07) is 9.29. The van der Waals surface area contributed by atoms with Crippen LogP contribution in [0.15, 0.2) is 30.3 Å². The van der Waals surface area contributed by atoms with Crippen LogP contribution in [-0.2, 0) is 0 Å². The Balaban J connectivity index is 1.97. The Hall–Kier alpha value is -2.48. The largest absolute Gasteiger partial charge is 0.475 e. The highest BCUT2D eigenvalue weighted by molar-refractivity contribution is 7.80. The number of rotatable bonds is 3. The summed E-state index contributed by atoms with van der Waals surface area (Å²) in [7, 11) is 0. The van der Waals surface area contributed by atoms with Crippen LogP contribution < -0.4 is 10.6 Å². The van der Waals surface area contributed by atoms with Crippen LogP contribution in [0.4, 0.5) is 11.6 Å². The monoisotopic (exact) mass is 263 g/mol. The summed E-state index contributed by atoms with van der Waals surface area (Å²) in [6.07, 6.45) is 0. The zero-order valence-corrected chi connectivity index (χ0v) is 9.86. The van der Waals surface area contributed by atoms with Crippen molar-refractivity contribution in [3.63, 3.8) is 0 Å². The van der Waals surface area contributed by atoms with E-state index in [2.05, 4.69) is 25.8 Å². The zero-order chi connectivity index (χ0) is 13.0. The molecule has 1 aromatic carbocycles. The number of hydrogen-bond acceptors (Lipinski definition) is 4. The van der Waals surface area contributed by atoms with Crippen molar-refractivity contribution in [2.75, 3.05) is 10.6 Å². The molecule has 0 atom stereocenters. The average Bonchev–Trinajstić information content (AvgIpc) is 2.78. The molecule has 4 N–H and O–H groups in total. The van der Waals surface area contributed by atoms with Gasteiger partial charge in [0, 0.05) is 5.69 Å². The molecule has 1 heterocycles. The molecule has 0 fully saturated rings. The summed E-state index contributed by atoms with van der Waals surface area (Å²) in [5, 5.41) is 20.4. The molecule has 2 aromatic rings. The maximum Gasteiger partial charge on any atom is 0.373 e. The SMILES string of the molecule is O=C(O)c1nc(NC(=S)Nc2ccccc2)n[nH]1. The summed E-state index contributed by atoms with van der Waals surface area (Å²) >= 11 is 5.03. The van der Waals surface area contributed by atoms with E-state index in [4.69, 9.17) is 17.3 Å². The van der Waals surface area contributed by atoms with Gasteiger partial charge in [0.2, 0.25) is 11.8 Å². The number of benzene rings is 1. The Morgan fingerprint density at radius 3 is 2.61 bits per heavy atom. The lowest BCUT2D eigenvalue weighted by Crippen LogP contribution is -2.19. The van der Waals surface area contributed by atoms with E-state index in [1.165, 1.54) is 0 Å². The molecule has 0 bridgehead atoms. The van der Waals surface area contributed by atoms with E-state index in [9.17, 15) is 4.79 Å². The van der Waals surface area contributed by atoms with Gasteiger partial charge in [-0.15, -0.1) is 5.10 Å². The fourth-order valence-electron chi connectivity index (χ4n) is 1.20. The van der Waals surface area contributed by atoms with E-state index >= 15 is 0 Å². The van der Waals surface area contributed by atoms with Crippen molar-refractivity contribution in [3.05, 3.63) is 36.2 Å². The minimum Gasteiger partial charge on any atom is -0.475 e. The Labute approximate surface area is 107 Å². The second-order valence-corrected chi connectivity index (χ2v) is 3.67. The zero-order valence-electron chi connectivity index (χ0n) is 9.04. The van der Waals surface area contributed by atoms with Crippen LogP contribution >= 0.6 is 12.2 Å². The first-order chi connectivity index (χ1) is 8.65. The molecular weight excluding hydrogens is 254 g/mol. The quantitative estimate of drug-likeness (QED) is 0.619. The molecule has 0 aliphatic heterocycles. The van der Waals surface area contributed by atoms with Crippen LogP contribution in [0.3, 0.4) is 0 Å². The molecule has 18 heavy (non-hydrogen) atoms. The first kappa shape index (κ1) is 12.0. The molecule has 1 aromatic heterocycles. The van der Waals surface area contributed by atoms with Crippen LogP contribution in [-0.4, -0.2) is 31.4 Å². The number of nitrogens with one attached hydrogen (secondary N) is 3. The lowest BCUT2D eigenvalue weighted by atomic mass is 10.3. The lowest BCUT2D eigenvalue weighted by molar-refractivity contribution is 0.0684. The van der Waals surface area contributed by atoms with Gasteiger partial charge in [0.05, 0.1) is 0 Å². The average molecular weight is 263 g/mol. The minimum atomic E-state index is -1.18. The van der Waals surface area contributed by atoms with Crippen LogP contribution in [0.2, 0.25) is 0 Å². The molecule has 0 amide bonds. The summed E-state index contributed by atoms with van der Waals surface area (Å²) in [6.45, 7) is 0. The van der Waals surface area contributed by atoms with Gasteiger partial charge >= 0.3 is 5.97 Å². The number of aromatic nitrogens is 3. The number of aromatic amines is 1. The standard InChI is InChI=1S/C10H9N5O2S/c16-8(17)7-12-9(15-14-7)13-10(18)11-6-4-2-1-3-5-6/h1-5H,(H,16,17)(H3,11,12,13,14,15,18). The highest BCUT2D eigenvalue weighted by Gasteiger charge is 2.10. The second-order valence-electron chi connectivity index (χ2n) is 3.26. The van der Waals surface area contributed by atoms with E-state index in [1.807, 2.05) is 30.3 Å². The third kappa shape index (κ3) is 3.01. The normalized spacial score (nSPS) is 9.78. The second kappa shape index (κ2) is 5.23. The Bertz CT molecular complexity index is 569. The van der Waals surface area contributed by atoms with Gasteiger partial charge in [0.1, 0.15) is 0 Å². The number of carboxylic acids is 1. The van der Waals surface area contributed by atoms with Crippen LogP contribution in [0.5, 0.6) is 0 Å². The molecular formula is C10H9N5O2S. The van der Waals surface area contributed by atoms with Crippen LogP contribution in [0.25, 0.3) is 0 Å². The molecule has 0 aliphatic carbocycles. The molecule has 8 heteroatoms. The Kier molecular flexibility index (Phi) is 3.49. The Morgan fingerprint density at radius 1 is 1.28 bits per heavy atom. The van der Waals surface area contributed by atoms with E-state index in [-0.39, 0.29) is 16.9 Å². The highest BCUT2D eigenvalue weighted by atomic mass is 32.1.